The van der Waals surface area contributed by atoms with Crippen molar-refractivity contribution < 1.29 is 23.8 Å². The van der Waals surface area contributed by atoms with Crippen LogP contribution in [-0.2, 0) is 22.6 Å². The molecular weight excluding hydrogens is 423 g/mol. The molecule has 1 atom stereocenters. The molecule has 0 bridgehead atoms. The molecule has 6 nitrogen and oxygen atoms in total. The third-order valence-corrected chi connectivity index (χ3v) is 5.05. The second kappa shape index (κ2) is 12.4. The van der Waals surface area contributed by atoms with Crippen LogP contribution < -0.4 is 10.1 Å². The van der Waals surface area contributed by atoms with Gasteiger partial charge in [-0.05, 0) is 35.4 Å². The Kier molecular flexibility index (Phi) is 8.97. The molecule has 2 amide bonds. The molecule has 0 aliphatic carbocycles. The average molecular weight is 451 g/mol. The number of rotatable bonds is 11. The molecule has 0 aromatic heterocycles. The van der Waals surface area contributed by atoms with Crippen molar-refractivity contribution in [2.24, 2.45) is 0 Å². The van der Waals surface area contributed by atoms with Crippen molar-refractivity contribution in [3.05, 3.63) is 102 Å². The van der Waals surface area contributed by atoms with E-state index in [9.17, 15) is 14.0 Å². The zero-order valence-electron chi connectivity index (χ0n) is 18.2. The first-order chi connectivity index (χ1) is 16.1. The van der Waals surface area contributed by atoms with Gasteiger partial charge in [-0.2, -0.15) is 0 Å². The van der Waals surface area contributed by atoms with E-state index in [1.165, 1.54) is 17.0 Å². The summed E-state index contributed by atoms with van der Waals surface area (Å²) in [6.45, 7) is -0.304. The fourth-order valence-corrected chi connectivity index (χ4v) is 3.38. The number of carbonyl (C=O) groups excluding carboxylic acids is 2. The van der Waals surface area contributed by atoms with Gasteiger partial charge in [-0.15, -0.1) is 0 Å². The van der Waals surface area contributed by atoms with Crippen molar-refractivity contribution in [3.63, 3.8) is 0 Å². The lowest BCUT2D eigenvalue weighted by Gasteiger charge is -2.31. The van der Waals surface area contributed by atoms with Crippen LogP contribution in [0.1, 0.15) is 11.1 Å². The first-order valence-corrected chi connectivity index (χ1v) is 10.7. The monoisotopic (exact) mass is 450 g/mol. The van der Waals surface area contributed by atoms with Crippen molar-refractivity contribution in [2.45, 2.75) is 19.0 Å². The number of hydrogen-bond donors (Lipinski definition) is 2. The molecule has 0 radical (unpaired) electrons. The van der Waals surface area contributed by atoms with E-state index in [2.05, 4.69) is 5.32 Å². The summed E-state index contributed by atoms with van der Waals surface area (Å²) < 4.78 is 19.1. The topological polar surface area (TPSA) is 78.9 Å². The van der Waals surface area contributed by atoms with Crippen molar-refractivity contribution in [2.75, 3.05) is 19.8 Å². The van der Waals surface area contributed by atoms with Crippen molar-refractivity contribution in [1.29, 1.82) is 0 Å². The SMILES string of the molecule is O=C(NCCO)C(Cc1ccccc1)N(Cc1ccc(F)cc1)C(=O)COc1ccccc1. The van der Waals surface area contributed by atoms with Crippen molar-refractivity contribution >= 4 is 11.8 Å². The van der Waals surface area contributed by atoms with Gasteiger partial charge in [-0.25, -0.2) is 4.39 Å². The third-order valence-electron chi connectivity index (χ3n) is 5.05. The fraction of sp³-hybridized carbons (Fsp3) is 0.231. The number of aliphatic hydroxyl groups excluding tert-OH is 1. The molecule has 1 unspecified atom stereocenters. The molecule has 0 spiro atoms. The van der Waals surface area contributed by atoms with Crippen LogP contribution in [0.5, 0.6) is 5.75 Å². The second-order valence-electron chi connectivity index (χ2n) is 7.47. The molecule has 0 aliphatic rings. The average Bonchev–Trinajstić information content (AvgIpc) is 2.85. The molecule has 3 aromatic carbocycles. The van der Waals surface area contributed by atoms with Crippen molar-refractivity contribution in [1.82, 2.24) is 10.2 Å². The van der Waals surface area contributed by atoms with E-state index in [0.29, 0.717) is 11.3 Å². The van der Waals surface area contributed by atoms with Crippen LogP contribution in [0.25, 0.3) is 0 Å². The van der Waals surface area contributed by atoms with Crippen LogP contribution in [0.15, 0.2) is 84.9 Å². The van der Waals surface area contributed by atoms with E-state index in [4.69, 9.17) is 9.84 Å². The number of aliphatic hydroxyl groups is 1. The summed E-state index contributed by atoms with van der Waals surface area (Å²) >= 11 is 0. The zero-order valence-corrected chi connectivity index (χ0v) is 18.2. The van der Waals surface area contributed by atoms with Gasteiger partial charge in [0.05, 0.1) is 6.61 Å². The Morgan fingerprint density at radius 1 is 0.909 bits per heavy atom. The molecule has 2 N–H and O–H groups in total. The summed E-state index contributed by atoms with van der Waals surface area (Å²) in [5.74, 6) is -0.617. The number of nitrogens with zero attached hydrogens (tertiary/aromatic N) is 1. The minimum atomic E-state index is -0.851. The Hall–Kier alpha value is -3.71. The van der Waals surface area contributed by atoms with Gasteiger partial charge in [-0.1, -0.05) is 60.7 Å². The van der Waals surface area contributed by atoms with Crippen LogP contribution in [0, 0.1) is 5.82 Å². The van der Waals surface area contributed by atoms with Gasteiger partial charge in [0, 0.05) is 19.5 Å². The summed E-state index contributed by atoms with van der Waals surface area (Å²) in [4.78, 5) is 27.8. The summed E-state index contributed by atoms with van der Waals surface area (Å²) in [5.41, 5.74) is 1.56. The van der Waals surface area contributed by atoms with Crippen LogP contribution in [0.2, 0.25) is 0 Å². The first kappa shape index (κ1) is 23.9. The maximum atomic E-state index is 13.4. The van der Waals surface area contributed by atoms with E-state index >= 15 is 0 Å². The van der Waals surface area contributed by atoms with Gasteiger partial charge in [0.1, 0.15) is 17.6 Å². The largest absolute Gasteiger partial charge is 0.484 e. The molecule has 172 valence electrons. The zero-order chi connectivity index (χ0) is 23.5. The number of nitrogens with one attached hydrogen (secondary N) is 1. The lowest BCUT2D eigenvalue weighted by atomic mass is 10.0. The normalized spacial score (nSPS) is 11.5. The smallest absolute Gasteiger partial charge is 0.261 e. The number of benzene rings is 3. The van der Waals surface area contributed by atoms with Gasteiger partial charge in [0.2, 0.25) is 5.91 Å². The number of carbonyl (C=O) groups is 2. The van der Waals surface area contributed by atoms with E-state index in [0.717, 1.165) is 5.56 Å². The summed E-state index contributed by atoms with van der Waals surface area (Å²) in [6, 6.07) is 23.2. The van der Waals surface area contributed by atoms with Gasteiger partial charge in [-0.3, -0.25) is 9.59 Å². The molecule has 3 aromatic rings. The summed E-state index contributed by atoms with van der Waals surface area (Å²) in [6.07, 6.45) is 0.274. The maximum Gasteiger partial charge on any atom is 0.261 e. The molecule has 0 heterocycles. The minimum absolute atomic E-state index is 0.0726. The van der Waals surface area contributed by atoms with E-state index < -0.39 is 6.04 Å². The molecular formula is C26H27FN2O4. The Bertz CT molecular complexity index is 1010. The minimum Gasteiger partial charge on any atom is -0.484 e. The highest BCUT2D eigenvalue weighted by atomic mass is 19.1. The molecule has 33 heavy (non-hydrogen) atoms. The number of amides is 2. The van der Waals surface area contributed by atoms with Crippen LogP contribution in [0.4, 0.5) is 4.39 Å². The fourth-order valence-electron chi connectivity index (χ4n) is 3.38. The Balaban J connectivity index is 1.87. The van der Waals surface area contributed by atoms with Crippen LogP contribution >= 0.6 is 0 Å². The van der Waals surface area contributed by atoms with Gasteiger partial charge >= 0.3 is 0 Å². The summed E-state index contributed by atoms with van der Waals surface area (Å²) in [5, 5.41) is 11.8. The number of para-hydroxylation sites is 1. The quantitative estimate of drug-likeness (QED) is 0.471. The molecule has 0 saturated carbocycles. The first-order valence-electron chi connectivity index (χ1n) is 10.7. The Labute approximate surface area is 192 Å². The highest BCUT2D eigenvalue weighted by Crippen LogP contribution is 2.16. The number of ether oxygens (including phenoxy) is 1. The standard InChI is InChI=1S/C26H27FN2O4/c27-22-13-11-21(12-14-22)18-29(25(31)19-33-23-9-5-2-6-10-23)24(26(32)28-15-16-30)17-20-7-3-1-4-8-20/h1-14,24,30H,15-19H2,(H,28,32). The van der Waals surface area contributed by atoms with E-state index in [1.807, 2.05) is 36.4 Å². The Morgan fingerprint density at radius 3 is 2.18 bits per heavy atom. The maximum absolute atomic E-state index is 13.4. The van der Waals surface area contributed by atoms with Crippen LogP contribution in [0.3, 0.4) is 0 Å². The molecule has 0 saturated heterocycles. The van der Waals surface area contributed by atoms with Crippen LogP contribution in [-0.4, -0.2) is 47.6 Å². The predicted octanol–water partition coefficient (Wildman–Crippen LogP) is 2.95. The van der Waals surface area contributed by atoms with E-state index in [1.54, 1.807) is 36.4 Å². The van der Waals surface area contributed by atoms with Crippen molar-refractivity contribution in [3.8, 4) is 5.75 Å². The van der Waals surface area contributed by atoms with Gasteiger partial charge in [0.15, 0.2) is 6.61 Å². The molecule has 0 fully saturated rings. The highest BCUT2D eigenvalue weighted by Gasteiger charge is 2.30. The number of hydrogen-bond acceptors (Lipinski definition) is 4. The van der Waals surface area contributed by atoms with Gasteiger partial charge < -0.3 is 20.1 Å². The lowest BCUT2D eigenvalue weighted by Crippen LogP contribution is -2.52. The second-order valence-corrected chi connectivity index (χ2v) is 7.47. The Morgan fingerprint density at radius 2 is 1.55 bits per heavy atom. The number of halogens is 1. The van der Waals surface area contributed by atoms with E-state index in [-0.39, 0.29) is 50.4 Å². The molecule has 0 aliphatic heterocycles. The predicted molar refractivity (Wildman–Crippen MR) is 123 cm³/mol. The molecule has 7 heteroatoms. The highest BCUT2D eigenvalue weighted by molar-refractivity contribution is 5.88. The molecule has 3 rings (SSSR count). The third kappa shape index (κ3) is 7.43. The summed E-state index contributed by atoms with van der Waals surface area (Å²) in [7, 11) is 0. The lowest BCUT2D eigenvalue weighted by molar-refractivity contribution is -0.142. The van der Waals surface area contributed by atoms with Gasteiger partial charge in [0.25, 0.3) is 5.91 Å².